The molecular weight excluding hydrogens is 282 g/mol. The van der Waals surface area contributed by atoms with Gasteiger partial charge >= 0.3 is 0 Å². The fourth-order valence-electron chi connectivity index (χ4n) is 2.94. The molecule has 22 heavy (non-hydrogen) atoms. The number of phenolic OH excluding ortho intramolecular Hbond substituents is 2. The van der Waals surface area contributed by atoms with E-state index in [9.17, 15) is 10.2 Å². The van der Waals surface area contributed by atoms with Crippen molar-refractivity contribution in [3.05, 3.63) is 47.0 Å². The van der Waals surface area contributed by atoms with Gasteiger partial charge in [-0.3, -0.25) is 0 Å². The molecule has 0 aromatic heterocycles. The number of nitrogens with one attached hydrogen (secondary N) is 1. The minimum Gasteiger partial charge on any atom is -0.504 e. The van der Waals surface area contributed by atoms with Crippen LogP contribution in [-0.4, -0.2) is 31.0 Å². The smallest absolute Gasteiger partial charge is 0.160 e. The molecule has 0 saturated heterocycles. The molecule has 3 rings (SSSR count). The molecule has 3 N–H and O–H groups in total. The van der Waals surface area contributed by atoms with E-state index in [4.69, 9.17) is 9.47 Å². The van der Waals surface area contributed by atoms with Gasteiger partial charge in [-0.15, -0.1) is 0 Å². The Hall–Kier alpha value is -2.40. The Morgan fingerprint density at radius 2 is 1.73 bits per heavy atom. The van der Waals surface area contributed by atoms with Crippen molar-refractivity contribution < 1.29 is 19.7 Å². The zero-order valence-corrected chi connectivity index (χ0v) is 12.6. The third kappa shape index (κ3) is 2.44. The highest BCUT2D eigenvalue weighted by atomic mass is 16.5. The monoisotopic (exact) mass is 301 g/mol. The van der Waals surface area contributed by atoms with E-state index in [0.29, 0.717) is 18.0 Å². The summed E-state index contributed by atoms with van der Waals surface area (Å²) < 4.78 is 10.4. The van der Waals surface area contributed by atoms with Crippen LogP contribution in [0.4, 0.5) is 0 Å². The van der Waals surface area contributed by atoms with Gasteiger partial charge < -0.3 is 25.0 Å². The molecule has 0 saturated carbocycles. The van der Waals surface area contributed by atoms with Gasteiger partial charge in [0.2, 0.25) is 0 Å². The lowest BCUT2D eigenvalue weighted by molar-refractivity contribution is 0.370. The summed E-state index contributed by atoms with van der Waals surface area (Å²) in [7, 11) is 3.08. The molecule has 1 aliphatic heterocycles. The van der Waals surface area contributed by atoms with Crippen molar-refractivity contribution in [2.45, 2.75) is 12.5 Å². The van der Waals surface area contributed by atoms with E-state index >= 15 is 0 Å². The van der Waals surface area contributed by atoms with E-state index in [1.165, 1.54) is 7.11 Å². The molecule has 5 heteroatoms. The van der Waals surface area contributed by atoms with Crippen molar-refractivity contribution in [3.8, 4) is 23.0 Å². The molecule has 0 spiro atoms. The van der Waals surface area contributed by atoms with Crippen LogP contribution >= 0.6 is 0 Å². The molecule has 0 radical (unpaired) electrons. The van der Waals surface area contributed by atoms with Crippen LogP contribution in [0.5, 0.6) is 23.0 Å². The summed E-state index contributed by atoms with van der Waals surface area (Å²) in [4.78, 5) is 0. The highest BCUT2D eigenvalue weighted by Gasteiger charge is 2.24. The van der Waals surface area contributed by atoms with Gasteiger partial charge in [-0.2, -0.15) is 0 Å². The molecule has 0 aliphatic carbocycles. The van der Waals surface area contributed by atoms with Gasteiger partial charge in [0.05, 0.1) is 14.2 Å². The largest absolute Gasteiger partial charge is 0.504 e. The molecule has 116 valence electrons. The lowest BCUT2D eigenvalue weighted by Gasteiger charge is -2.28. The standard InChI is InChI=1S/C17H19NO4/c1-21-16-6-10(3-4-14(16)19)13-9-18-8-11-5-15(20)17(22-2)7-12(11)13/h3-7,13,18-20H,8-9H2,1-2H3/t13-/m0/s1. The Kier molecular flexibility index (Phi) is 3.81. The summed E-state index contributed by atoms with van der Waals surface area (Å²) in [5.41, 5.74) is 3.19. The second-order valence-electron chi connectivity index (χ2n) is 5.34. The fraction of sp³-hybridized carbons (Fsp3) is 0.294. The minimum absolute atomic E-state index is 0.104. The predicted octanol–water partition coefficient (Wildman–Crippen LogP) is 2.35. The molecule has 1 atom stereocenters. The first-order valence-electron chi connectivity index (χ1n) is 7.11. The third-order valence-corrected chi connectivity index (χ3v) is 4.09. The number of rotatable bonds is 3. The number of phenols is 2. The molecule has 1 aliphatic rings. The Morgan fingerprint density at radius 3 is 2.45 bits per heavy atom. The number of aromatic hydroxyl groups is 2. The van der Waals surface area contributed by atoms with Gasteiger partial charge in [-0.25, -0.2) is 0 Å². The average molecular weight is 301 g/mol. The second kappa shape index (κ2) is 5.77. The van der Waals surface area contributed by atoms with Crippen molar-refractivity contribution >= 4 is 0 Å². The van der Waals surface area contributed by atoms with Crippen LogP contribution in [-0.2, 0) is 6.54 Å². The Morgan fingerprint density at radius 1 is 1.00 bits per heavy atom. The number of methoxy groups -OCH3 is 2. The Balaban J connectivity index is 2.08. The van der Waals surface area contributed by atoms with Gasteiger partial charge in [0.25, 0.3) is 0 Å². The van der Waals surface area contributed by atoms with Crippen LogP contribution in [0.2, 0.25) is 0 Å². The average Bonchev–Trinajstić information content (AvgIpc) is 2.54. The molecule has 1 heterocycles. The fourth-order valence-corrected chi connectivity index (χ4v) is 2.94. The van der Waals surface area contributed by atoms with E-state index in [1.807, 2.05) is 18.2 Å². The number of fused-ring (bicyclic) bond motifs is 1. The molecule has 2 aromatic carbocycles. The summed E-state index contributed by atoms with van der Waals surface area (Å²) in [6.07, 6.45) is 0. The van der Waals surface area contributed by atoms with Crippen LogP contribution in [0.1, 0.15) is 22.6 Å². The quantitative estimate of drug-likeness (QED) is 0.812. The lowest BCUT2D eigenvalue weighted by Crippen LogP contribution is -2.28. The summed E-state index contributed by atoms with van der Waals surface area (Å²) in [6, 6.07) is 9.00. The van der Waals surface area contributed by atoms with Crippen molar-refractivity contribution in [1.29, 1.82) is 0 Å². The number of hydrogen-bond donors (Lipinski definition) is 3. The van der Waals surface area contributed by atoms with Crippen LogP contribution in [0.3, 0.4) is 0 Å². The topological polar surface area (TPSA) is 71.0 Å². The summed E-state index contributed by atoms with van der Waals surface area (Å²) >= 11 is 0. The highest BCUT2D eigenvalue weighted by Crippen LogP contribution is 2.39. The second-order valence-corrected chi connectivity index (χ2v) is 5.34. The van der Waals surface area contributed by atoms with Gasteiger partial charge in [0.1, 0.15) is 0 Å². The van der Waals surface area contributed by atoms with E-state index < -0.39 is 0 Å². The number of benzene rings is 2. The first-order valence-corrected chi connectivity index (χ1v) is 7.11. The predicted molar refractivity (Wildman–Crippen MR) is 82.9 cm³/mol. The minimum atomic E-state index is 0.104. The lowest BCUT2D eigenvalue weighted by atomic mass is 9.85. The summed E-state index contributed by atoms with van der Waals surface area (Å²) in [5, 5.41) is 23.0. The van der Waals surface area contributed by atoms with E-state index in [2.05, 4.69) is 5.32 Å². The van der Waals surface area contributed by atoms with Gasteiger partial charge in [-0.1, -0.05) is 6.07 Å². The SMILES string of the molecule is COc1cc([C@@H]2CNCc3cc(O)c(OC)cc32)ccc1O. The van der Waals surface area contributed by atoms with E-state index in [-0.39, 0.29) is 17.4 Å². The zero-order valence-electron chi connectivity index (χ0n) is 12.6. The molecule has 0 amide bonds. The maximum absolute atomic E-state index is 9.94. The molecular formula is C17H19NO4. The van der Waals surface area contributed by atoms with Gasteiger partial charge in [-0.05, 0) is 41.0 Å². The van der Waals surface area contributed by atoms with Crippen LogP contribution in [0.25, 0.3) is 0 Å². The zero-order chi connectivity index (χ0) is 15.7. The molecule has 2 aromatic rings. The van der Waals surface area contributed by atoms with Gasteiger partial charge in [0, 0.05) is 19.0 Å². The van der Waals surface area contributed by atoms with E-state index in [0.717, 1.165) is 23.2 Å². The van der Waals surface area contributed by atoms with Crippen molar-refractivity contribution in [2.24, 2.45) is 0 Å². The van der Waals surface area contributed by atoms with Crippen LogP contribution in [0.15, 0.2) is 30.3 Å². The van der Waals surface area contributed by atoms with Gasteiger partial charge in [0.15, 0.2) is 23.0 Å². The number of hydrogen-bond acceptors (Lipinski definition) is 5. The first kappa shape index (κ1) is 14.5. The maximum atomic E-state index is 9.94. The van der Waals surface area contributed by atoms with Crippen molar-refractivity contribution in [2.75, 3.05) is 20.8 Å². The van der Waals surface area contributed by atoms with Crippen LogP contribution in [0, 0.1) is 0 Å². The molecule has 0 fully saturated rings. The Bertz CT molecular complexity index is 699. The van der Waals surface area contributed by atoms with Crippen molar-refractivity contribution in [1.82, 2.24) is 5.32 Å². The summed E-state index contributed by atoms with van der Waals surface area (Å²) in [5.74, 6) is 1.30. The van der Waals surface area contributed by atoms with E-state index in [1.54, 1.807) is 19.2 Å². The molecule has 0 bridgehead atoms. The molecule has 0 unspecified atom stereocenters. The van der Waals surface area contributed by atoms with Crippen molar-refractivity contribution in [3.63, 3.8) is 0 Å². The third-order valence-electron chi connectivity index (χ3n) is 4.09. The highest BCUT2D eigenvalue weighted by molar-refractivity contribution is 5.53. The maximum Gasteiger partial charge on any atom is 0.160 e. The molecule has 5 nitrogen and oxygen atoms in total. The number of ether oxygens (including phenoxy) is 2. The summed E-state index contributed by atoms with van der Waals surface area (Å²) in [6.45, 7) is 1.48. The first-order chi connectivity index (χ1) is 10.6. The Labute approximate surface area is 129 Å². The van der Waals surface area contributed by atoms with Crippen LogP contribution < -0.4 is 14.8 Å². The normalized spacial score (nSPS) is 16.9.